The third kappa shape index (κ3) is 2.91. The van der Waals surface area contributed by atoms with Crippen molar-refractivity contribution in [3.05, 3.63) is 35.9 Å². The zero-order chi connectivity index (χ0) is 14.2. The Hall–Kier alpha value is -0.860. The predicted molar refractivity (Wildman–Crippen MR) is 84.7 cm³/mol. The van der Waals surface area contributed by atoms with E-state index in [1.54, 1.807) is 0 Å². The number of nitrogens with one attached hydrogen (secondary N) is 1. The molecule has 1 aliphatic carbocycles. The Bertz CT molecular complexity index is 440. The molecule has 2 aliphatic rings. The van der Waals surface area contributed by atoms with Crippen LogP contribution < -0.4 is 5.32 Å². The predicted octanol–water partition coefficient (Wildman–Crippen LogP) is 3.46. The highest BCUT2D eigenvalue weighted by atomic mass is 15.2. The fraction of sp³-hybridized carbons (Fsp3) is 0.667. The van der Waals surface area contributed by atoms with E-state index in [1.165, 1.54) is 31.5 Å². The molecule has 1 N–H and O–H groups in total. The summed E-state index contributed by atoms with van der Waals surface area (Å²) in [6, 6.07) is 12.2. The topological polar surface area (TPSA) is 15.3 Å². The van der Waals surface area contributed by atoms with Gasteiger partial charge in [-0.25, -0.2) is 0 Å². The summed E-state index contributed by atoms with van der Waals surface area (Å²) in [5.41, 5.74) is 2.04. The fourth-order valence-corrected chi connectivity index (χ4v) is 3.53. The molecule has 2 nitrogen and oxygen atoms in total. The molecule has 1 heterocycles. The van der Waals surface area contributed by atoms with Crippen LogP contribution in [0.15, 0.2) is 30.3 Å². The third-order valence-electron chi connectivity index (χ3n) is 5.35. The minimum absolute atomic E-state index is 0.551. The van der Waals surface area contributed by atoms with Gasteiger partial charge in [0.15, 0.2) is 0 Å². The van der Waals surface area contributed by atoms with Crippen molar-refractivity contribution in [2.24, 2.45) is 11.3 Å². The Morgan fingerprint density at radius 3 is 2.55 bits per heavy atom. The van der Waals surface area contributed by atoms with Gasteiger partial charge in [-0.3, -0.25) is 4.90 Å². The molecule has 1 saturated heterocycles. The van der Waals surface area contributed by atoms with Gasteiger partial charge in [-0.1, -0.05) is 51.1 Å². The first-order chi connectivity index (χ1) is 9.60. The summed E-state index contributed by atoms with van der Waals surface area (Å²) < 4.78 is 0. The van der Waals surface area contributed by atoms with Crippen LogP contribution >= 0.6 is 0 Å². The smallest absolute Gasteiger partial charge is 0.0473 e. The summed E-state index contributed by atoms with van der Waals surface area (Å²) in [6.45, 7) is 10.7. The molecule has 0 aromatic heterocycles. The van der Waals surface area contributed by atoms with Crippen LogP contribution in [0.2, 0.25) is 0 Å². The van der Waals surface area contributed by atoms with E-state index in [2.05, 4.69) is 61.3 Å². The van der Waals surface area contributed by atoms with Crippen molar-refractivity contribution in [2.75, 3.05) is 19.6 Å². The largest absolute Gasteiger partial charge is 0.311 e. The SMILES string of the molecule is CCC1CN(CC2CC2(C)C)C(c2ccccc2)CN1. The van der Waals surface area contributed by atoms with E-state index < -0.39 is 0 Å². The standard InChI is InChI=1S/C18H28N2/c1-4-16-13-20(12-15-10-18(15,2)3)17(11-19-16)14-8-6-5-7-9-14/h5-9,15-17,19H,4,10-13H2,1-3H3. The Morgan fingerprint density at radius 2 is 1.95 bits per heavy atom. The summed E-state index contributed by atoms with van der Waals surface area (Å²) in [4.78, 5) is 2.74. The minimum atomic E-state index is 0.551. The summed E-state index contributed by atoms with van der Waals surface area (Å²) >= 11 is 0. The molecule has 0 bridgehead atoms. The van der Waals surface area contributed by atoms with E-state index in [4.69, 9.17) is 0 Å². The maximum Gasteiger partial charge on any atom is 0.0473 e. The van der Waals surface area contributed by atoms with Gasteiger partial charge >= 0.3 is 0 Å². The number of rotatable bonds is 4. The lowest BCUT2D eigenvalue weighted by Crippen LogP contribution is -2.52. The first kappa shape index (κ1) is 14.1. The molecule has 1 aliphatic heterocycles. The van der Waals surface area contributed by atoms with E-state index in [1.807, 2.05) is 0 Å². The number of benzene rings is 1. The Balaban J connectivity index is 1.73. The number of nitrogens with zero attached hydrogens (tertiary/aromatic N) is 1. The average Bonchev–Trinajstić information content (AvgIpc) is 3.06. The van der Waals surface area contributed by atoms with Gasteiger partial charge in [0.05, 0.1) is 0 Å². The lowest BCUT2D eigenvalue weighted by molar-refractivity contribution is 0.118. The molecule has 1 aromatic carbocycles. The second-order valence-electron chi connectivity index (χ2n) is 7.28. The highest BCUT2D eigenvalue weighted by molar-refractivity contribution is 5.20. The minimum Gasteiger partial charge on any atom is -0.311 e. The van der Waals surface area contributed by atoms with Gasteiger partial charge in [-0.05, 0) is 29.7 Å². The van der Waals surface area contributed by atoms with Crippen molar-refractivity contribution >= 4 is 0 Å². The van der Waals surface area contributed by atoms with Gasteiger partial charge < -0.3 is 5.32 Å². The maximum absolute atomic E-state index is 3.72. The van der Waals surface area contributed by atoms with Crippen LogP contribution in [0.25, 0.3) is 0 Å². The van der Waals surface area contributed by atoms with Gasteiger partial charge in [-0.2, -0.15) is 0 Å². The summed E-state index contributed by atoms with van der Waals surface area (Å²) in [7, 11) is 0. The van der Waals surface area contributed by atoms with Crippen LogP contribution in [0.3, 0.4) is 0 Å². The molecule has 20 heavy (non-hydrogen) atoms. The second-order valence-corrected chi connectivity index (χ2v) is 7.28. The van der Waals surface area contributed by atoms with E-state index >= 15 is 0 Å². The van der Waals surface area contributed by atoms with Crippen LogP contribution in [0, 0.1) is 11.3 Å². The molecule has 1 aromatic rings. The second kappa shape index (κ2) is 5.50. The van der Waals surface area contributed by atoms with Crippen LogP contribution in [-0.4, -0.2) is 30.6 Å². The first-order valence-electron chi connectivity index (χ1n) is 8.12. The summed E-state index contributed by atoms with van der Waals surface area (Å²) in [5.74, 6) is 0.893. The van der Waals surface area contributed by atoms with E-state index in [-0.39, 0.29) is 0 Å². The average molecular weight is 272 g/mol. The highest BCUT2D eigenvalue weighted by Crippen LogP contribution is 2.52. The van der Waals surface area contributed by atoms with E-state index in [0.717, 1.165) is 12.5 Å². The molecule has 2 fully saturated rings. The molecule has 0 amide bonds. The molecule has 1 saturated carbocycles. The molecule has 0 spiro atoms. The Morgan fingerprint density at radius 1 is 1.25 bits per heavy atom. The summed E-state index contributed by atoms with van der Waals surface area (Å²) in [5, 5.41) is 3.72. The Labute approximate surface area is 123 Å². The molecule has 0 radical (unpaired) electrons. The van der Waals surface area contributed by atoms with Crippen LogP contribution in [0.5, 0.6) is 0 Å². The van der Waals surface area contributed by atoms with Crippen LogP contribution in [-0.2, 0) is 0 Å². The fourth-order valence-electron chi connectivity index (χ4n) is 3.53. The number of piperazine rings is 1. The molecule has 2 heteroatoms. The van der Waals surface area contributed by atoms with Crippen molar-refractivity contribution < 1.29 is 0 Å². The van der Waals surface area contributed by atoms with Gasteiger partial charge in [0.1, 0.15) is 0 Å². The van der Waals surface area contributed by atoms with Crippen LogP contribution in [0.4, 0.5) is 0 Å². The molecular formula is C18H28N2. The van der Waals surface area contributed by atoms with E-state index in [9.17, 15) is 0 Å². The summed E-state index contributed by atoms with van der Waals surface area (Å²) in [6.07, 6.45) is 2.63. The zero-order valence-corrected chi connectivity index (χ0v) is 13.1. The van der Waals surface area contributed by atoms with Crippen molar-refractivity contribution in [1.82, 2.24) is 10.2 Å². The molecule has 3 rings (SSSR count). The normalized spacial score (nSPS) is 33.0. The lowest BCUT2D eigenvalue weighted by atomic mass is 9.99. The quantitative estimate of drug-likeness (QED) is 0.903. The van der Waals surface area contributed by atoms with E-state index in [0.29, 0.717) is 17.5 Å². The van der Waals surface area contributed by atoms with Crippen molar-refractivity contribution in [3.8, 4) is 0 Å². The third-order valence-corrected chi connectivity index (χ3v) is 5.35. The van der Waals surface area contributed by atoms with Crippen molar-refractivity contribution in [3.63, 3.8) is 0 Å². The molecule has 110 valence electrons. The van der Waals surface area contributed by atoms with Crippen molar-refractivity contribution in [2.45, 2.75) is 45.7 Å². The van der Waals surface area contributed by atoms with Gasteiger partial charge in [0.2, 0.25) is 0 Å². The zero-order valence-electron chi connectivity index (χ0n) is 13.1. The maximum atomic E-state index is 3.72. The first-order valence-corrected chi connectivity index (χ1v) is 8.12. The number of hydrogen-bond donors (Lipinski definition) is 1. The van der Waals surface area contributed by atoms with Gasteiger partial charge in [0, 0.05) is 31.7 Å². The molecule has 3 unspecified atom stereocenters. The van der Waals surface area contributed by atoms with Crippen LogP contribution in [0.1, 0.15) is 45.2 Å². The lowest BCUT2D eigenvalue weighted by Gasteiger charge is -2.41. The monoisotopic (exact) mass is 272 g/mol. The number of hydrogen-bond acceptors (Lipinski definition) is 2. The van der Waals surface area contributed by atoms with Crippen molar-refractivity contribution in [1.29, 1.82) is 0 Å². The highest BCUT2D eigenvalue weighted by Gasteiger charge is 2.47. The Kier molecular flexibility index (Phi) is 3.87. The molecule has 3 atom stereocenters. The van der Waals surface area contributed by atoms with Gasteiger partial charge in [0.25, 0.3) is 0 Å². The van der Waals surface area contributed by atoms with Gasteiger partial charge in [-0.15, -0.1) is 0 Å². The molecular weight excluding hydrogens is 244 g/mol.